The number of rotatable bonds is 0. The standard InChI is InChI=1S/C6H6O.C2H6.Rf/c7-6-4-2-1-3-5-6;1-2;/h1-5,7H;1-2H3;. The molecule has 1 rings (SSSR count). The first-order valence-electron chi connectivity index (χ1n) is 3.13. The van der Waals surface area contributed by atoms with Crippen LogP contribution in [-0.2, 0) is 0 Å². The molecule has 0 aromatic heterocycles. The van der Waals surface area contributed by atoms with Gasteiger partial charge in [-0.3, -0.25) is 0 Å². The first-order valence-corrected chi connectivity index (χ1v) is 3.13. The molecule has 1 nitrogen and oxygen atoms in total. The average Bonchev–Trinajstić information content (AvgIpc) is 1.94. The molecule has 0 unspecified atom stereocenters. The first kappa shape index (κ1) is 10.9. The molecule has 2 heteroatoms. The van der Waals surface area contributed by atoms with Gasteiger partial charge in [0.05, 0.1) is 0 Å². The fraction of sp³-hybridized carbons (Fsp3) is 0.250. The summed E-state index contributed by atoms with van der Waals surface area (Å²) in [6.45, 7) is 4.00. The number of para-hydroxylation sites is 1. The molecule has 0 fully saturated rings. The van der Waals surface area contributed by atoms with E-state index in [4.69, 9.17) is 5.11 Å². The van der Waals surface area contributed by atoms with Gasteiger partial charge in [-0.1, -0.05) is 32.0 Å². The quantitative estimate of drug-likeness (QED) is 0.721. The number of aromatic hydroxyl groups is 1. The molecular formula is C8H12ORf. The monoisotopic (exact) mass is 391 g/mol. The van der Waals surface area contributed by atoms with Gasteiger partial charge in [-0.15, -0.1) is 0 Å². The first-order chi connectivity index (χ1) is 4.39. The summed E-state index contributed by atoms with van der Waals surface area (Å²) in [6, 6.07) is 8.71. The Bertz CT molecular complexity index is 139. The Kier molecular flexibility index (Phi) is 7.66. The summed E-state index contributed by atoms with van der Waals surface area (Å²) in [6.07, 6.45) is 0. The Balaban J connectivity index is 0. The zero-order valence-corrected chi connectivity index (χ0v) is 12.9. The number of hydrogen-bond donors (Lipinski definition) is 1. The summed E-state index contributed by atoms with van der Waals surface area (Å²) in [5.41, 5.74) is 0. The van der Waals surface area contributed by atoms with E-state index in [1.165, 1.54) is 0 Å². The van der Waals surface area contributed by atoms with Crippen LogP contribution in [0.25, 0.3) is 0 Å². The van der Waals surface area contributed by atoms with Gasteiger partial charge in [-0.25, -0.2) is 0 Å². The topological polar surface area (TPSA) is 20.2 Å². The molecule has 0 saturated carbocycles. The van der Waals surface area contributed by atoms with Crippen molar-refractivity contribution in [2.24, 2.45) is 0 Å². The molecule has 0 heterocycles. The number of hydrogen-bond acceptors (Lipinski definition) is 1. The summed E-state index contributed by atoms with van der Waals surface area (Å²) >= 11 is 0. The van der Waals surface area contributed by atoms with E-state index in [1.54, 1.807) is 24.3 Å². The molecule has 0 aliphatic carbocycles. The predicted octanol–water partition coefficient (Wildman–Crippen LogP) is 2.42. The minimum atomic E-state index is 0. The van der Waals surface area contributed by atoms with E-state index in [-0.39, 0.29) is 0 Å². The van der Waals surface area contributed by atoms with Gasteiger partial charge >= 0.3 is 0 Å². The molecule has 1 aromatic carbocycles. The third-order valence-corrected chi connectivity index (χ3v) is 0.756. The van der Waals surface area contributed by atoms with Crippen molar-refractivity contribution in [2.75, 3.05) is 0 Å². The molecule has 0 aliphatic rings. The zero-order chi connectivity index (χ0) is 7.11. The van der Waals surface area contributed by atoms with Crippen LogP contribution < -0.4 is 0 Å². The van der Waals surface area contributed by atoms with Gasteiger partial charge < -0.3 is 5.11 Å². The molecule has 0 atom stereocenters. The van der Waals surface area contributed by atoms with Gasteiger partial charge in [0.25, 0.3) is 0 Å². The Morgan fingerprint density at radius 1 is 1.00 bits per heavy atom. The molecule has 52 valence electrons. The fourth-order valence-electron chi connectivity index (χ4n) is 0.428. The molecule has 10 heavy (non-hydrogen) atoms. The maximum Gasteiger partial charge on any atom is 0.115 e. The van der Waals surface area contributed by atoms with Crippen molar-refractivity contribution < 1.29 is 5.11 Å². The summed E-state index contributed by atoms with van der Waals surface area (Å²) in [5, 5.41) is 8.63. The van der Waals surface area contributed by atoms with Crippen LogP contribution in [0.4, 0.5) is 0 Å². The molecule has 0 amide bonds. The summed E-state index contributed by atoms with van der Waals surface area (Å²) < 4.78 is 0. The van der Waals surface area contributed by atoms with Crippen molar-refractivity contribution in [2.45, 2.75) is 13.8 Å². The van der Waals surface area contributed by atoms with E-state index < -0.39 is 0 Å². The number of phenolic OH excluding ortho intramolecular Hbond substituents is 1. The van der Waals surface area contributed by atoms with Crippen LogP contribution in [-0.4, -0.2) is 5.11 Å². The van der Waals surface area contributed by atoms with Gasteiger partial charge in [-0.2, -0.15) is 0 Å². The Labute approximate surface area is 56.0 Å². The van der Waals surface area contributed by atoms with E-state index in [2.05, 4.69) is 0 Å². The van der Waals surface area contributed by atoms with Crippen LogP contribution >= 0.6 is 0 Å². The second kappa shape index (κ2) is 7.02. The molecule has 0 radical (unpaired) electrons. The van der Waals surface area contributed by atoms with Gasteiger partial charge in [-0.05, 0) is 12.1 Å². The average molecular weight is 391 g/mol. The number of phenols is 1. The molecule has 1 aromatic rings. The molecule has 0 aliphatic heterocycles. The van der Waals surface area contributed by atoms with E-state index in [0.717, 1.165) is 0 Å². The Morgan fingerprint density at radius 3 is 1.60 bits per heavy atom. The van der Waals surface area contributed by atoms with E-state index in [1.807, 2.05) is 19.9 Å². The fourth-order valence-corrected chi connectivity index (χ4v) is 0.428. The predicted molar refractivity (Wildman–Crippen MR) is 39.5 cm³/mol. The van der Waals surface area contributed by atoms with Crippen molar-refractivity contribution in [1.29, 1.82) is 0 Å². The molecule has 0 spiro atoms. The van der Waals surface area contributed by atoms with Crippen LogP contribution in [0.2, 0.25) is 0 Å². The van der Waals surface area contributed by atoms with E-state index in [9.17, 15) is 0 Å². The normalized spacial score (nSPS) is 6.60. The van der Waals surface area contributed by atoms with Gasteiger partial charge in [0, 0.05) is 0 Å². The second-order valence-electron chi connectivity index (χ2n) is 1.34. The summed E-state index contributed by atoms with van der Waals surface area (Å²) in [5.74, 6) is 0.322. The molecular weight excluding hydrogens is 379 g/mol. The SMILES string of the molecule is CC.Oc1ccccc1.[Rf]. The zero-order valence-electron chi connectivity index (χ0n) is 6.54. The minimum absolute atomic E-state index is 0. The van der Waals surface area contributed by atoms with Crippen molar-refractivity contribution in [1.82, 2.24) is 0 Å². The van der Waals surface area contributed by atoms with Crippen molar-refractivity contribution in [3.05, 3.63) is 30.3 Å². The minimum Gasteiger partial charge on any atom is -0.508 e. The van der Waals surface area contributed by atoms with Gasteiger partial charge in [0.1, 0.15) is 5.75 Å². The largest absolute Gasteiger partial charge is 0.508 e. The van der Waals surface area contributed by atoms with Gasteiger partial charge in [0.15, 0.2) is 0 Å². The van der Waals surface area contributed by atoms with E-state index in [0.29, 0.717) is 5.75 Å². The molecule has 0 bridgehead atoms. The number of benzene rings is 1. The molecule has 1 N–H and O–H groups in total. The smallest absolute Gasteiger partial charge is 0.115 e. The van der Waals surface area contributed by atoms with Crippen LogP contribution in [0.1, 0.15) is 13.8 Å². The maximum atomic E-state index is 8.63. The van der Waals surface area contributed by atoms with Crippen molar-refractivity contribution in [3.63, 3.8) is 0 Å². The maximum absolute atomic E-state index is 8.63. The van der Waals surface area contributed by atoms with Crippen LogP contribution in [0.3, 0.4) is 0 Å². The second-order valence-corrected chi connectivity index (χ2v) is 1.34. The van der Waals surface area contributed by atoms with Crippen LogP contribution in [0.15, 0.2) is 30.3 Å². The third kappa shape index (κ3) is 4.19. The third-order valence-electron chi connectivity index (χ3n) is 0.756. The summed E-state index contributed by atoms with van der Waals surface area (Å²) in [7, 11) is 0. The Hall–Kier alpha value is -1.98. The van der Waals surface area contributed by atoms with E-state index >= 15 is 0 Å². The van der Waals surface area contributed by atoms with Gasteiger partial charge in [0.2, 0.25) is 0 Å². The van der Waals surface area contributed by atoms with Crippen LogP contribution in [0, 0.1) is 0 Å². The van der Waals surface area contributed by atoms with Crippen LogP contribution in [0.5, 0.6) is 5.75 Å². The summed E-state index contributed by atoms with van der Waals surface area (Å²) in [4.78, 5) is 0. The molecule has 0 saturated heterocycles. The van der Waals surface area contributed by atoms with Crippen molar-refractivity contribution >= 4 is 0 Å². The van der Waals surface area contributed by atoms with Crippen molar-refractivity contribution in [3.8, 4) is 5.75 Å². The Morgan fingerprint density at radius 2 is 1.40 bits per heavy atom.